The van der Waals surface area contributed by atoms with Crippen LogP contribution >= 0.6 is 7.82 Å². The molecule has 0 saturated carbocycles. The molecule has 0 aromatic heterocycles. The molecule has 2 N–H and O–H groups in total. The van der Waals surface area contributed by atoms with Crippen molar-refractivity contribution in [1.82, 2.24) is 0 Å². The predicted octanol–water partition coefficient (Wildman–Crippen LogP) is 2.02. The van der Waals surface area contributed by atoms with Gasteiger partial charge in [-0.25, -0.2) is 0 Å². The highest BCUT2D eigenvalue weighted by atomic mass is 31.2. The number of likely N-dealkylation sites (N-methyl/N-ethyl adjacent to an activating group) is 1. The Morgan fingerprint density at radius 3 is 2.11 bits per heavy atom. The molecule has 9 heteroatoms. The molecule has 168 valence electrons. The van der Waals surface area contributed by atoms with Crippen LogP contribution in [-0.4, -0.2) is 73.6 Å². The van der Waals surface area contributed by atoms with E-state index >= 15 is 0 Å². The van der Waals surface area contributed by atoms with Crippen LogP contribution in [0.1, 0.15) is 64.7 Å². The van der Waals surface area contributed by atoms with Crippen LogP contribution in [0.4, 0.5) is 0 Å². The van der Waals surface area contributed by atoms with Gasteiger partial charge in [0.15, 0.2) is 11.9 Å². The van der Waals surface area contributed by atoms with E-state index in [1.54, 1.807) is 0 Å². The van der Waals surface area contributed by atoms with Gasteiger partial charge in [0.05, 0.1) is 34.4 Å². The van der Waals surface area contributed by atoms with Crippen LogP contribution in [0.25, 0.3) is 0 Å². The normalized spacial score (nSPS) is 16.5. The first-order valence-electron chi connectivity index (χ1n) is 10.3. The van der Waals surface area contributed by atoms with Gasteiger partial charge in [-0.3, -0.25) is 9.36 Å². The zero-order chi connectivity index (χ0) is 21.6. The molecular weight excluding hydrogens is 385 g/mol. The van der Waals surface area contributed by atoms with Gasteiger partial charge < -0.3 is 28.6 Å². The lowest BCUT2D eigenvalue weighted by atomic mass is 10.0. The van der Waals surface area contributed by atoms with Gasteiger partial charge in [0.25, 0.3) is 7.82 Å². The van der Waals surface area contributed by atoms with E-state index in [4.69, 9.17) is 9.63 Å². The minimum atomic E-state index is -4.77. The summed E-state index contributed by atoms with van der Waals surface area (Å²) in [4.78, 5) is 24.5. The number of hydrogen-bond donors (Lipinski definition) is 2. The second-order valence-electron chi connectivity index (χ2n) is 8.34. The number of Topliss-reactive ketones (excluding diaryl/α,β-unsaturated/α-hetero) is 1. The van der Waals surface area contributed by atoms with E-state index in [9.17, 15) is 19.4 Å². The SMILES string of the molecule is CCCCCCCCCCC(=O)C(C[N+](C)(C)C)OP(=O)([O-])OC[C@H](O)CO. The summed E-state index contributed by atoms with van der Waals surface area (Å²) in [5.41, 5.74) is 0. The van der Waals surface area contributed by atoms with Gasteiger partial charge in [0, 0.05) is 6.42 Å². The third-order valence-electron chi connectivity index (χ3n) is 4.24. The van der Waals surface area contributed by atoms with Crippen molar-refractivity contribution in [3.05, 3.63) is 0 Å². The van der Waals surface area contributed by atoms with Gasteiger partial charge >= 0.3 is 0 Å². The summed E-state index contributed by atoms with van der Waals surface area (Å²) in [5.74, 6) is -0.263. The summed E-state index contributed by atoms with van der Waals surface area (Å²) >= 11 is 0. The van der Waals surface area contributed by atoms with E-state index in [1.165, 1.54) is 25.7 Å². The number of quaternary nitrogens is 1. The molecule has 0 radical (unpaired) electrons. The molecule has 0 amide bonds. The molecule has 0 heterocycles. The minimum Gasteiger partial charge on any atom is -0.756 e. The fraction of sp³-hybridized carbons (Fsp3) is 0.947. The molecule has 0 bridgehead atoms. The van der Waals surface area contributed by atoms with Crippen molar-refractivity contribution < 1.29 is 38.0 Å². The Hall–Kier alpha value is -0.340. The summed E-state index contributed by atoms with van der Waals surface area (Å²) in [7, 11) is 0.750. The molecule has 0 fully saturated rings. The van der Waals surface area contributed by atoms with E-state index in [2.05, 4.69) is 11.4 Å². The Morgan fingerprint density at radius 2 is 1.61 bits per heavy atom. The largest absolute Gasteiger partial charge is 0.756 e. The molecule has 3 atom stereocenters. The van der Waals surface area contributed by atoms with Gasteiger partial charge in [-0.2, -0.15) is 0 Å². The number of rotatable bonds is 18. The molecule has 0 aliphatic carbocycles. The number of unbranched alkanes of at least 4 members (excludes halogenated alkanes) is 7. The van der Waals surface area contributed by atoms with Crippen LogP contribution in [0.3, 0.4) is 0 Å². The van der Waals surface area contributed by atoms with Crippen molar-refractivity contribution >= 4 is 13.6 Å². The van der Waals surface area contributed by atoms with Crippen LogP contribution in [0.2, 0.25) is 0 Å². The second-order valence-corrected chi connectivity index (χ2v) is 9.70. The Morgan fingerprint density at radius 1 is 1.07 bits per heavy atom. The highest BCUT2D eigenvalue weighted by Gasteiger charge is 2.30. The third-order valence-corrected chi connectivity index (χ3v) is 5.22. The molecular formula is C19H40NO7P. The minimum absolute atomic E-state index is 0.188. The number of carbonyl (C=O) groups excluding carboxylic acids is 1. The highest BCUT2D eigenvalue weighted by Crippen LogP contribution is 2.40. The maximum atomic E-state index is 12.5. The van der Waals surface area contributed by atoms with Crippen molar-refractivity contribution in [3.63, 3.8) is 0 Å². The summed E-state index contributed by atoms with van der Waals surface area (Å²) < 4.78 is 21.9. The topological polar surface area (TPSA) is 116 Å². The standard InChI is InChI=1S/C19H40NO7P/c1-5-6-7-8-9-10-11-12-13-18(23)19(14-20(2,3)4)27-28(24,25)26-16-17(22)15-21/h17,19,21-22H,5-16H2,1-4H3/t17-,19?/m1/s1. The number of nitrogens with zero attached hydrogens (tertiary/aromatic N) is 1. The molecule has 28 heavy (non-hydrogen) atoms. The zero-order valence-electron chi connectivity index (χ0n) is 18.0. The number of phosphoric acid groups is 1. The second kappa shape index (κ2) is 14.6. The maximum Gasteiger partial charge on any atom is 0.268 e. The van der Waals surface area contributed by atoms with Gasteiger partial charge in [-0.1, -0.05) is 51.9 Å². The average Bonchev–Trinajstić information content (AvgIpc) is 2.59. The van der Waals surface area contributed by atoms with Crippen molar-refractivity contribution in [1.29, 1.82) is 0 Å². The monoisotopic (exact) mass is 425 g/mol. The fourth-order valence-corrected chi connectivity index (χ4v) is 3.61. The van der Waals surface area contributed by atoms with E-state index in [0.717, 1.165) is 19.3 Å². The van der Waals surface area contributed by atoms with Crippen molar-refractivity contribution in [2.24, 2.45) is 0 Å². The van der Waals surface area contributed by atoms with Crippen molar-refractivity contribution in [2.75, 3.05) is 40.9 Å². The lowest BCUT2D eigenvalue weighted by Crippen LogP contribution is -2.45. The zero-order valence-corrected chi connectivity index (χ0v) is 18.9. The molecule has 2 unspecified atom stereocenters. The molecule has 0 aromatic carbocycles. The lowest BCUT2D eigenvalue weighted by Gasteiger charge is -2.32. The maximum absolute atomic E-state index is 12.5. The van der Waals surface area contributed by atoms with Crippen LogP contribution in [0.5, 0.6) is 0 Å². The summed E-state index contributed by atoms with van der Waals surface area (Å²) in [6.45, 7) is 1.13. The average molecular weight is 426 g/mol. The number of ketones is 1. The van der Waals surface area contributed by atoms with Crippen molar-refractivity contribution in [3.8, 4) is 0 Å². The van der Waals surface area contributed by atoms with Crippen LogP contribution in [-0.2, 0) is 18.4 Å². The fourth-order valence-electron chi connectivity index (χ4n) is 2.70. The number of phosphoric ester groups is 1. The van der Waals surface area contributed by atoms with Crippen LogP contribution in [0, 0.1) is 0 Å². The summed E-state index contributed by atoms with van der Waals surface area (Å²) in [5, 5.41) is 18.0. The van der Waals surface area contributed by atoms with Gasteiger partial charge in [-0.05, 0) is 6.42 Å². The van der Waals surface area contributed by atoms with Crippen LogP contribution in [0.15, 0.2) is 0 Å². The lowest BCUT2D eigenvalue weighted by molar-refractivity contribution is -0.872. The first kappa shape index (κ1) is 27.7. The van der Waals surface area contributed by atoms with Gasteiger partial charge in [-0.15, -0.1) is 0 Å². The quantitative estimate of drug-likeness (QED) is 0.196. The Bertz CT molecular complexity index is 468. The highest BCUT2D eigenvalue weighted by molar-refractivity contribution is 7.45. The molecule has 8 nitrogen and oxygen atoms in total. The van der Waals surface area contributed by atoms with E-state index in [-0.39, 0.29) is 18.7 Å². The third kappa shape index (κ3) is 15.6. The number of hydrogen-bond acceptors (Lipinski definition) is 7. The van der Waals surface area contributed by atoms with E-state index < -0.39 is 33.2 Å². The molecule has 0 spiro atoms. The summed E-state index contributed by atoms with van der Waals surface area (Å²) in [6, 6.07) is 0. The van der Waals surface area contributed by atoms with Gasteiger partial charge in [0.2, 0.25) is 0 Å². The smallest absolute Gasteiger partial charge is 0.268 e. The molecule has 0 aliphatic heterocycles. The van der Waals surface area contributed by atoms with Crippen molar-refractivity contribution in [2.45, 2.75) is 76.9 Å². The number of aliphatic hydroxyl groups excluding tert-OH is 2. The number of aliphatic hydroxyl groups is 2. The first-order chi connectivity index (χ1) is 13.0. The molecule has 0 aromatic rings. The van der Waals surface area contributed by atoms with Crippen LogP contribution < -0.4 is 4.89 Å². The van der Waals surface area contributed by atoms with E-state index in [0.29, 0.717) is 10.9 Å². The predicted molar refractivity (Wildman–Crippen MR) is 107 cm³/mol. The molecule has 0 saturated heterocycles. The molecule has 0 rings (SSSR count). The number of carbonyl (C=O) groups is 1. The van der Waals surface area contributed by atoms with Gasteiger partial charge in [0.1, 0.15) is 12.6 Å². The first-order valence-corrected chi connectivity index (χ1v) is 11.7. The van der Waals surface area contributed by atoms with E-state index in [1.807, 2.05) is 21.1 Å². The molecule has 0 aliphatic rings. The Labute approximate surface area is 170 Å². The Balaban J connectivity index is 4.49. The Kier molecular flexibility index (Phi) is 14.4. The summed E-state index contributed by atoms with van der Waals surface area (Å²) in [6.07, 6.45) is 6.62.